The zero-order valence-electron chi connectivity index (χ0n) is 22.5. The molecule has 0 atom stereocenters. The zero-order chi connectivity index (χ0) is 27.5. The Morgan fingerprint density at radius 2 is 1.74 bits per heavy atom. The third kappa shape index (κ3) is 6.22. The summed E-state index contributed by atoms with van der Waals surface area (Å²) in [5.41, 5.74) is 2.64. The molecule has 3 aromatic rings. The maximum absolute atomic E-state index is 13.3. The first-order valence-electron chi connectivity index (χ1n) is 12.6. The van der Waals surface area contributed by atoms with Crippen LogP contribution in [-0.4, -0.2) is 59.3 Å². The van der Waals surface area contributed by atoms with Crippen LogP contribution in [0.2, 0.25) is 0 Å². The van der Waals surface area contributed by atoms with Gasteiger partial charge in [-0.1, -0.05) is 63.2 Å². The molecule has 0 saturated carbocycles. The maximum atomic E-state index is 13.3. The second-order valence-electron chi connectivity index (χ2n) is 10.4. The lowest BCUT2D eigenvalue weighted by Gasteiger charge is -2.26. The smallest absolute Gasteiger partial charge is 0.246 e. The summed E-state index contributed by atoms with van der Waals surface area (Å²) in [5.74, 6) is 0.788. The number of sulfonamides is 1. The third-order valence-corrected chi connectivity index (χ3v) is 9.50. The van der Waals surface area contributed by atoms with Crippen molar-refractivity contribution in [2.24, 2.45) is 7.05 Å². The summed E-state index contributed by atoms with van der Waals surface area (Å²) in [5, 5.41) is 12.0. The molecule has 2 aromatic carbocycles. The van der Waals surface area contributed by atoms with E-state index in [1.165, 1.54) is 34.8 Å². The summed E-state index contributed by atoms with van der Waals surface area (Å²) < 4.78 is 35.2. The van der Waals surface area contributed by atoms with Crippen molar-refractivity contribution in [2.45, 2.75) is 55.5 Å². The van der Waals surface area contributed by atoms with Crippen molar-refractivity contribution in [1.82, 2.24) is 19.1 Å². The monoisotopic (exact) mass is 557 g/mol. The largest absolute Gasteiger partial charge is 0.495 e. The molecule has 11 heteroatoms. The fourth-order valence-corrected chi connectivity index (χ4v) is 6.75. The Kier molecular flexibility index (Phi) is 8.49. The maximum Gasteiger partial charge on any atom is 0.246 e. The van der Waals surface area contributed by atoms with Crippen LogP contribution in [0.1, 0.15) is 45.6 Å². The Morgan fingerprint density at radius 3 is 2.37 bits per heavy atom. The van der Waals surface area contributed by atoms with Gasteiger partial charge in [0, 0.05) is 31.4 Å². The Bertz CT molecular complexity index is 1390. The number of hydrogen-bond donors (Lipinski definition) is 1. The van der Waals surface area contributed by atoms with Crippen LogP contribution in [0, 0.1) is 0 Å². The molecule has 0 unspecified atom stereocenters. The van der Waals surface area contributed by atoms with Crippen molar-refractivity contribution in [2.75, 3.05) is 31.3 Å². The van der Waals surface area contributed by atoms with E-state index in [1.54, 1.807) is 12.1 Å². The van der Waals surface area contributed by atoms with Gasteiger partial charge >= 0.3 is 0 Å². The van der Waals surface area contributed by atoms with Crippen LogP contribution >= 0.6 is 11.8 Å². The van der Waals surface area contributed by atoms with Gasteiger partial charge in [-0.25, -0.2) is 8.42 Å². The number of carbonyl (C=O) groups is 1. The van der Waals surface area contributed by atoms with Crippen molar-refractivity contribution in [3.63, 3.8) is 0 Å². The van der Waals surface area contributed by atoms with E-state index >= 15 is 0 Å². The van der Waals surface area contributed by atoms with Crippen LogP contribution in [0.25, 0.3) is 11.4 Å². The van der Waals surface area contributed by atoms with Gasteiger partial charge in [0.25, 0.3) is 0 Å². The van der Waals surface area contributed by atoms with Gasteiger partial charge in [0.05, 0.1) is 12.9 Å². The number of nitrogens with one attached hydrogen (secondary N) is 1. The quantitative estimate of drug-likeness (QED) is 0.400. The highest BCUT2D eigenvalue weighted by Crippen LogP contribution is 2.32. The lowest BCUT2D eigenvalue weighted by Crippen LogP contribution is -2.35. The fraction of sp³-hybridized carbons (Fsp3) is 0.444. The number of anilines is 1. The molecule has 2 heterocycles. The minimum Gasteiger partial charge on any atom is -0.495 e. The molecule has 4 rings (SSSR count). The first kappa shape index (κ1) is 28.1. The normalized spacial score (nSPS) is 14.9. The van der Waals surface area contributed by atoms with E-state index < -0.39 is 10.0 Å². The Balaban J connectivity index is 1.43. The summed E-state index contributed by atoms with van der Waals surface area (Å²) in [6.45, 7) is 7.48. The van der Waals surface area contributed by atoms with Gasteiger partial charge in [0.15, 0.2) is 11.0 Å². The molecule has 1 saturated heterocycles. The van der Waals surface area contributed by atoms with Gasteiger partial charge in [-0.05, 0) is 42.0 Å². The van der Waals surface area contributed by atoms with E-state index in [0.29, 0.717) is 23.9 Å². The molecule has 1 N–H and O–H groups in total. The molecular formula is C27H35N5O4S2. The van der Waals surface area contributed by atoms with Gasteiger partial charge in [-0.2, -0.15) is 4.31 Å². The molecule has 1 aromatic heterocycles. The molecule has 0 aliphatic carbocycles. The van der Waals surface area contributed by atoms with Crippen LogP contribution in [0.4, 0.5) is 5.69 Å². The number of benzene rings is 2. The van der Waals surface area contributed by atoms with Gasteiger partial charge in [-0.15, -0.1) is 10.2 Å². The summed E-state index contributed by atoms with van der Waals surface area (Å²) in [4.78, 5) is 12.8. The predicted molar refractivity (Wildman–Crippen MR) is 150 cm³/mol. The summed E-state index contributed by atoms with van der Waals surface area (Å²) >= 11 is 1.26. The van der Waals surface area contributed by atoms with Gasteiger partial charge in [0.1, 0.15) is 10.6 Å². The van der Waals surface area contributed by atoms with Crippen molar-refractivity contribution in [3.05, 3.63) is 48.0 Å². The Morgan fingerprint density at radius 1 is 1.05 bits per heavy atom. The van der Waals surface area contributed by atoms with Crippen LogP contribution in [-0.2, 0) is 27.3 Å². The van der Waals surface area contributed by atoms with Crippen LogP contribution in [0.5, 0.6) is 5.75 Å². The highest BCUT2D eigenvalue weighted by atomic mass is 32.2. The molecule has 204 valence electrons. The van der Waals surface area contributed by atoms with Crippen LogP contribution in [0.3, 0.4) is 0 Å². The average molecular weight is 558 g/mol. The Hall–Kier alpha value is -2.89. The molecule has 1 aliphatic rings. The number of thioether (sulfide) groups is 1. The van der Waals surface area contributed by atoms with Gasteiger partial charge < -0.3 is 14.6 Å². The highest BCUT2D eigenvalue weighted by molar-refractivity contribution is 7.99. The second kappa shape index (κ2) is 11.5. The number of piperidine rings is 1. The highest BCUT2D eigenvalue weighted by Gasteiger charge is 2.29. The summed E-state index contributed by atoms with van der Waals surface area (Å²) in [6.07, 6.45) is 2.69. The van der Waals surface area contributed by atoms with Crippen LogP contribution in [0.15, 0.2) is 52.5 Å². The molecule has 9 nitrogen and oxygen atoms in total. The number of ether oxygens (including phenoxy) is 1. The molecule has 1 aliphatic heterocycles. The second-order valence-corrected chi connectivity index (χ2v) is 13.2. The van der Waals surface area contributed by atoms with E-state index in [9.17, 15) is 13.2 Å². The molecular weight excluding hydrogens is 522 g/mol. The minimum atomic E-state index is -3.73. The molecule has 0 radical (unpaired) electrons. The molecule has 38 heavy (non-hydrogen) atoms. The van der Waals surface area contributed by atoms with Crippen LogP contribution < -0.4 is 10.1 Å². The number of amides is 1. The van der Waals surface area contributed by atoms with E-state index in [-0.39, 0.29) is 27.7 Å². The number of carbonyl (C=O) groups excluding carboxylic acids is 1. The molecule has 1 amide bonds. The number of nitrogens with zero attached hydrogens (tertiary/aromatic N) is 4. The lowest BCUT2D eigenvalue weighted by molar-refractivity contribution is -0.113. The standard InChI is InChI=1S/C27H35N5O4S2/c1-27(2,3)20-11-9-19(10-12-20)25-29-30-26(31(25)4)37-18-24(33)28-21-13-14-22(36-5)23(17-21)38(34,35)32-15-7-6-8-16-32/h9-14,17H,6-8,15-16,18H2,1-5H3,(H,28,33). The number of aromatic nitrogens is 3. The average Bonchev–Trinajstić information content (AvgIpc) is 3.27. The zero-order valence-corrected chi connectivity index (χ0v) is 24.2. The van der Waals surface area contributed by atoms with E-state index in [1.807, 2.05) is 23.7 Å². The van der Waals surface area contributed by atoms with Gasteiger partial charge in [-0.3, -0.25) is 4.79 Å². The van der Waals surface area contributed by atoms with Crippen molar-refractivity contribution < 1.29 is 17.9 Å². The number of methoxy groups -OCH3 is 1. The van der Waals surface area contributed by atoms with E-state index in [2.05, 4.69) is 48.4 Å². The van der Waals surface area contributed by atoms with E-state index in [4.69, 9.17) is 4.74 Å². The fourth-order valence-electron chi connectivity index (χ4n) is 4.34. The SMILES string of the molecule is COc1ccc(NC(=O)CSc2nnc(-c3ccc(C(C)(C)C)cc3)n2C)cc1S(=O)(=O)N1CCCCC1. The minimum absolute atomic E-state index is 0.0581. The Labute approximate surface area is 229 Å². The van der Waals surface area contributed by atoms with Crippen molar-refractivity contribution >= 4 is 33.4 Å². The lowest BCUT2D eigenvalue weighted by atomic mass is 9.87. The van der Waals surface area contributed by atoms with Gasteiger partial charge in [0.2, 0.25) is 15.9 Å². The molecule has 0 spiro atoms. The van der Waals surface area contributed by atoms with Crippen molar-refractivity contribution in [1.29, 1.82) is 0 Å². The first-order chi connectivity index (χ1) is 18.0. The van der Waals surface area contributed by atoms with E-state index in [0.717, 1.165) is 30.7 Å². The topological polar surface area (TPSA) is 106 Å². The van der Waals surface area contributed by atoms with Crippen molar-refractivity contribution in [3.8, 4) is 17.1 Å². The predicted octanol–water partition coefficient (Wildman–Crippen LogP) is 4.69. The summed E-state index contributed by atoms with van der Waals surface area (Å²) in [7, 11) is -0.421. The summed E-state index contributed by atoms with van der Waals surface area (Å²) in [6, 6.07) is 12.9. The third-order valence-electron chi connectivity index (χ3n) is 6.56. The molecule has 1 fully saturated rings. The number of rotatable bonds is 8. The first-order valence-corrected chi connectivity index (χ1v) is 15.0. The molecule has 0 bridgehead atoms. The number of hydrogen-bond acceptors (Lipinski definition) is 7.